The van der Waals surface area contributed by atoms with Gasteiger partial charge in [-0.3, -0.25) is 9.59 Å². The van der Waals surface area contributed by atoms with E-state index in [1.165, 1.54) is 19.2 Å². The van der Waals surface area contributed by atoms with Crippen LogP contribution in [0.5, 0.6) is 0 Å². The summed E-state index contributed by atoms with van der Waals surface area (Å²) in [5, 5.41) is 6.56. The summed E-state index contributed by atoms with van der Waals surface area (Å²) in [4.78, 5) is 24.6. The van der Waals surface area contributed by atoms with Crippen LogP contribution in [0.3, 0.4) is 0 Å². The summed E-state index contributed by atoms with van der Waals surface area (Å²) < 4.78 is 24.3. The average molecular weight is 410 g/mol. The number of benzene rings is 2. The predicted molar refractivity (Wildman–Crippen MR) is 111 cm³/mol. The highest BCUT2D eigenvalue weighted by Crippen LogP contribution is 2.38. The molecule has 1 aliphatic rings. The van der Waals surface area contributed by atoms with E-state index in [1.807, 2.05) is 19.1 Å². The van der Waals surface area contributed by atoms with Gasteiger partial charge in [-0.25, -0.2) is 4.39 Å². The summed E-state index contributed by atoms with van der Waals surface area (Å²) in [7, 11) is 2.94. The van der Waals surface area contributed by atoms with Crippen LogP contribution < -0.4 is 10.6 Å². The summed E-state index contributed by atoms with van der Waals surface area (Å²) in [6.45, 7) is 2.63. The lowest BCUT2D eigenvalue weighted by atomic mass is 9.90. The van der Waals surface area contributed by atoms with E-state index < -0.39 is 0 Å². The minimum atomic E-state index is -0.358. The van der Waals surface area contributed by atoms with Crippen molar-refractivity contribution in [2.24, 2.45) is 0 Å². The maximum atomic E-state index is 13.4. The SMILES string of the molecule is CNC(=O)c1c(-c2ccc(F)cc2)oc2cc(C)c(C3CNC(C(=O)OC)C3)cc12. The van der Waals surface area contributed by atoms with Crippen LogP contribution in [-0.2, 0) is 9.53 Å². The highest BCUT2D eigenvalue weighted by atomic mass is 19.1. The topological polar surface area (TPSA) is 80.6 Å². The fraction of sp³-hybridized carbons (Fsp3) is 0.304. The number of nitrogens with one attached hydrogen (secondary N) is 2. The second kappa shape index (κ2) is 7.91. The van der Waals surface area contributed by atoms with Gasteiger partial charge in [0.15, 0.2) is 0 Å². The van der Waals surface area contributed by atoms with Crippen molar-refractivity contribution in [1.29, 1.82) is 0 Å². The molecule has 0 bridgehead atoms. The number of ether oxygens (including phenoxy) is 1. The molecule has 1 amide bonds. The molecule has 1 fully saturated rings. The second-order valence-electron chi connectivity index (χ2n) is 7.51. The number of amides is 1. The molecular formula is C23H23FN2O4. The van der Waals surface area contributed by atoms with Gasteiger partial charge in [-0.05, 0) is 66.8 Å². The molecule has 1 aromatic heterocycles. The zero-order valence-electron chi connectivity index (χ0n) is 17.0. The van der Waals surface area contributed by atoms with Gasteiger partial charge in [0.1, 0.15) is 23.2 Å². The molecule has 2 heterocycles. The van der Waals surface area contributed by atoms with E-state index in [4.69, 9.17) is 9.15 Å². The minimum absolute atomic E-state index is 0.111. The number of hydrogen-bond donors (Lipinski definition) is 2. The van der Waals surface area contributed by atoms with Crippen LogP contribution in [0.15, 0.2) is 40.8 Å². The first kappa shape index (κ1) is 20.1. The first-order valence-electron chi connectivity index (χ1n) is 9.79. The van der Waals surface area contributed by atoms with Gasteiger partial charge in [0.05, 0.1) is 12.7 Å². The Labute approximate surface area is 173 Å². The molecule has 2 unspecified atom stereocenters. The van der Waals surface area contributed by atoms with Crippen LogP contribution in [-0.4, -0.2) is 38.6 Å². The zero-order chi connectivity index (χ0) is 21.4. The van der Waals surface area contributed by atoms with Crippen LogP contribution in [0.1, 0.15) is 33.8 Å². The molecule has 3 aromatic rings. The van der Waals surface area contributed by atoms with Crippen LogP contribution in [0, 0.1) is 12.7 Å². The molecule has 0 aliphatic carbocycles. The number of carbonyl (C=O) groups is 2. The lowest BCUT2D eigenvalue weighted by Gasteiger charge is -2.13. The molecule has 2 N–H and O–H groups in total. The Balaban J connectivity index is 1.82. The van der Waals surface area contributed by atoms with Crippen molar-refractivity contribution in [2.75, 3.05) is 20.7 Å². The minimum Gasteiger partial charge on any atom is -0.468 e. The van der Waals surface area contributed by atoms with Crippen molar-refractivity contribution < 1.29 is 23.1 Å². The number of methoxy groups -OCH3 is 1. The summed E-state index contributed by atoms with van der Waals surface area (Å²) >= 11 is 0. The van der Waals surface area contributed by atoms with E-state index in [0.717, 1.165) is 11.1 Å². The van der Waals surface area contributed by atoms with E-state index in [9.17, 15) is 14.0 Å². The maximum absolute atomic E-state index is 13.4. The maximum Gasteiger partial charge on any atom is 0.322 e. The molecule has 0 saturated carbocycles. The molecule has 2 aromatic carbocycles. The van der Waals surface area contributed by atoms with Gasteiger partial charge in [-0.1, -0.05) is 0 Å². The van der Waals surface area contributed by atoms with Gasteiger partial charge in [0.25, 0.3) is 5.91 Å². The summed E-state index contributed by atoms with van der Waals surface area (Å²) in [5.41, 5.74) is 3.69. The number of carbonyl (C=O) groups excluding carboxylic acids is 2. The van der Waals surface area contributed by atoms with Crippen LogP contribution in [0.25, 0.3) is 22.3 Å². The summed E-state index contributed by atoms with van der Waals surface area (Å²) in [5.74, 6) is -0.398. The number of furan rings is 1. The third-order valence-corrected chi connectivity index (χ3v) is 5.69. The molecule has 0 spiro atoms. The predicted octanol–water partition coefficient (Wildman–Crippen LogP) is 3.53. The van der Waals surface area contributed by atoms with E-state index >= 15 is 0 Å². The van der Waals surface area contributed by atoms with Gasteiger partial charge < -0.3 is 19.8 Å². The Morgan fingerprint density at radius 3 is 2.63 bits per heavy atom. The molecule has 7 heteroatoms. The number of esters is 1. The van der Waals surface area contributed by atoms with E-state index in [2.05, 4.69) is 10.6 Å². The van der Waals surface area contributed by atoms with E-state index in [0.29, 0.717) is 40.8 Å². The van der Waals surface area contributed by atoms with Crippen LogP contribution >= 0.6 is 0 Å². The normalized spacial score (nSPS) is 18.5. The van der Waals surface area contributed by atoms with Gasteiger partial charge in [0.2, 0.25) is 0 Å². The standard InChI is InChI=1S/C23H23FN2O4/c1-12-8-19-17(10-16(12)14-9-18(26-11-14)23(28)29-3)20(22(27)25-2)21(30-19)13-4-6-15(24)7-5-13/h4-8,10,14,18,26H,9,11H2,1-3H3,(H,25,27). The average Bonchev–Trinajstić information content (AvgIpc) is 3.37. The van der Waals surface area contributed by atoms with Gasteiger partial charge in [0, 0.05) is 24.5 Å². The highest BCUT2D eigenvalue weighted by Gasteiger charge is 2.32. The molecule has 1 saturated heterocycles. The smallest absolute Gasteiger partial charge is 0.322 e. The Hall–Kier alpha value is -3.19. The molecular weight excluding hydrogens is 387 g/mol. The number of rotatable bonds is 4. The fourth-order valence-electron chi connectivity index (χ4n) is 4.15. The lowest BCUT2D eigenvalue weighted by molar-refractivity contribution is -0.142. The first-order chi connectivity index (χ1) is 14.4. The van der Waals surface area contributed by atoms with Gasteiger partial charge >= 0.3 is 5.97 Å². The zero-order valence-corrected chi connectivity index (χ0v) is 17.0. The van der Waals surface area contributed by atoms with E-state index in [-0.39, 0.29) is 29.7 Å². The largest absolute Gasteiger partial charge is 0.468 e. The Bertz CT molecular complexity index is 1120. The number of hydrogen-bond acceptors (Lipinski definition) is 5. The van der Waals surface area contributed by atoms with Crippen molar-refractivity contribution in [3.8, 4) is 11.3 Å². The molecule has 0 radical (unpaired) electrons. The lowest BCUT2D eigenvalue weighted by Crippen LogP contribution is -2.31. The van der Waals surface area contributed by atoms with Crippen molar-refractivity contribution >= 4 is 22.8 Å². The summed E-state index contributed by atoms with van der Waals surface area (Å²) in [6, 6.07) is 9.40. The highest BCUT2D eigenvalue weighted by molar-refractivity contribution is 6.11. The molecule has 1 aliphatic heterocycles. The fourth-order valence-corrected chi connectivity index (χ4v) is 4.15. The van der Waals surface area contributed by atoms with Crippen molar-refractivity contribution in [2.45, 2.75) is 25.3 Å². The monoisotopic (exact) mass is 410 g/mol. The molecule has 30 heavy (non-hydrogen) atoms. The van der Waals surface area contributed by atoms with Crippen LogP contribution in [0.4, 0.5) is 4.39 Å². The Morgan fingerprint density at radius 2 is 1.97 bits per heavy atom. The quantitative estimate of drug-likeness (QED) is 0.644. The van der Waals surface area contributed by atoms with Crippen LogP contribution in [0.2, 0.25) is 0 Å². The van der Waals surface area contributed by atoms with Crippen molar-refractivity contribution in [3.63, 3.8) is 0 Å². The molecule has 2 atom stereocenters. The first-order valence-corrected chi connectivity index (χ1v) is 9.79. The number of fused-ring (bicyclic) bond motifs is 1. The number of aryl methyl sites for hydroxylation is 1. The molecule has 6 nitrogen and oxygen atoms in total. The summed E-state index contributed by atoms with van der Waals surface area (Å²) in [6.07, 6.45) is 0.622. The molecule has 4 rings (SSSR count). The second-order valence-corrected chi connectivity index (χ2v) is 7.51. The van der Waals surface area contributed by atoms with E-state index in [1.54, 1.807) is 19.2 Å². The third-order valence-electron chi connectivity index (χ3n) is 5.69. The Morgan fingerprint density at radius 1 is 1.23 bits per heavy atom. The van der Waals surface area contributed by atoms with Gasteiger partial charge in [-0.15, -0.1) is 0 Å². The molecule has 156 valence electrons. The Kier molecular flexibility index (Phi) is 5.30. The van der Waals surface area contributed by atoms with Gasteiger partial charge in [-0.2, -0.15) is 0 Å². The van der Waals surface area contributed by atoms with Crippen molar-refractivity contribution in [3.05, 3.63) is 58.9 Å². The number of halogens is 1. The van der Waals surface area contributed by atoms with Crippen molar-refractivity contribution in [1.82, 2.24) is 10.6 Å². The third kappa shape index (κ3) is 3.45.